The predicted molar refractivity (Wildman–Crippen MR) is 76.3 cm³/mol. The SMILES string of the molecule is Cn1ccc(COc2c(/C(N)=N/O)oc3ccccc23)n1. The number of para-hydroxylation sites is 1. The van der Waals surface area contributed by atoms with Crippen molar-refractivity contribution in [1.29, 1.82) is 0 Å². The molecule has 0 fully saturated rings. The molecular formula is C14H14N4O3. The first-order valence-corrected chi connectivity index (χ1v) is 6.30. The van der Waals surface area contributed by atoms with Gasteiger partial charge in [0.05, 0.1) is 11.1 Å². The van der Waals surface area contributed by atoms with Crippen LogP contribution in [-0.2, 0) is 13.7 Å². The van der Waals surface area contributed by atoms with Gasteiger partial charge in [0.25, 0.3) is 0 Å². The van der Waals surface area contributed by atoms with Crippen LogP contribution in [0.4, 0.5) is 0 Å². The number of rotatable bonds is 4. The first kappa shape index (κ1) is 13.0. The van der Waals surface area contributed by atoms with E-state index in [0.29, 0.717) is 11.3 Å². The van der Waals surface area contributed by atoms with Gasteiger partial charge in [-0.15, -0.1) is 0 Å². The number of amidine groups is 1. The molecule has 1 aromatic carbocycles. The summed E-state index contributed by atoms with van der Waals surface area (Å²) in [5.74, 6) is 0.503. The van der Waals surface area contributed by atoms with Crippen LogP contribution in [0, 0.1) is 0 Å². The third-order valence-corrected chi connectivity index (χ3v) is 3.02. The van der Waals surface area contributed by atoms with Crippen LogP contribution in [0.25, 0.3) is 11.0 Å². The van der Waals surface area contributed by atoms with E-state index in [2.05, 4.69) is 10.3 Å². The molecule has 0 unspecified atom stereocenters. The van der Waals surface area contributed by atoms with Crippen molar-refractivity contribution in [3.05, 3.63) is 48.0 Å². The number of aromatic nitrogens is 2. The number of oxime groups is 1. The summed E-state index contributed by atoms with van der Waals surface area (Å²) >= 11 is 0. The molecule has 0 radical (unpaired) electrons. The molecule has 21 heavy (non-hydrogen) atoms. The molecule has 2 aromatic heterocycles. The van der Waals surface area contributed by atoms with Crippen LogP contribution in [-0.4, -0.2) is 20.8 Å². The Morgan fingerprint density at radius 2 is 2.24 bits per heavy atom. The number of fused-ring (bicyclic) bond motifs is 1. The fourth-order valence-corrected chi connectivity index (χ4v) is 2.07. The van der Waals surface area contributed by atoms with Crippen molar-refractivity contribution in [3.8, 4) is 5.75 Å². The Hall–Kier alpha value is -2.96. The monoisotopic (exact) mass is 286 g/mol. The molecule has 7 heteroatoms. The lowest BCUT2D eigenvalue weighted by atomic mass is 10.2. The van der Waals surface area contributed by atoms with E-state index in [1.807, 2.05) is 37.5 Å². The van der Waals surface area contributed by atoms with Gasteiger partial charge in [0.15, 0.2) is 5.75 Å². The van der Waals surface area contributed by atoms with E-state index in [1.54, 1.807) is 10.7 Å². The maximum atomic E-state index is 8.86. The highest BCUT2D eigenvalue weighted by Crippen LogP contribution is 2.33. The number of hydrogen-bond acceptors (Lipinski definition) is 5. The Kier molecular flexibility index (Phi) is 3.23. The molecular weight excluding hydrogens is 272 g/mol. The molecule has 0 saturated carbocycles. The van der Waals surface area contributed by atoms with Crippen LogP contribution in [0.3, 0.4) is 0 Å². The second-order valence-electron chi connectivity index (χ2n) is 4.51. The molecule has 0 aliphatic rings. The van der Waals surface area contributed by atoms with E-state index in [9.17, 15) is 0 Å². The predicted octanol–water partition coefficient (Wildman–Crippen LogP) is 1.84. The van der Waals surface area contributed by atoms with E-state index in [0.717, 1.165) is 11.1 Å². The molecule has 108 valence electrons. The van der Waals surface area contributed by atoms with Gasteiger partial charge in [-0.2, -0.15) is 5.10 Å². The Balaban J connectivity index is 1.98. The van der Waals surface area contributed by atoms with Gasteiger partial charge in [0.1, 0.15) is 12.2 Å². The molecule has 3 rings (SSSR count). The first-order valence-electron chi connectivity index (χ1n) is 6.30. The second-order valence-corrected chi connectivity index (χ2v) is 4.51. The van der Waals surface area contributed by atoms with Gasteiger partial charge in [0, 0.05) is 13.2 Å². The maximum absolute atomic E-state index is 8.86. The minimum atomic E-state index is -0.137. The number of nitrogens with two attached hydrogens (primary N) is 1. The van der Waals surface area contributed by atoms with Crippen LogP contribution >= 0.6 is 0 Å². The highest BCUT2D eigenvalue weighted by atomic mass is 16.5. The first-order chi connectivity index (χ1) is 10.2. The number of ether oxygens (including phenoxy) is 1. The zero-order valence-corrected chi connectivity index (χ0v) is 11.4. The molecule has 0 aliphatic carbocycles. The summed E-state index contributed by atoms with van der Waals surface area (Å²) in [6, 6.07) is 9.19. The highest BCUT2D eigenvalue weighted by molar-refractivity contribution is 6.03. The van der Waals surface area contributed by atoms with Crippen molar-refractivity contribution in [1.82, 2.24) is 9.78 Å². The lowest BCUT2D eigenvalue weighted by Crippen LogP contribution is -2.13. The molecule has 7 nitrogen and oxygen atoms in total. The molecule has 3 aromatic rings. The Labute approximate surface area is 120 Å². The van der Waals surface area contributed by atoms with E-state index < -0.39 is 0 Å². The average Bonchev–Trinajstić information content (AvgIpc) is 3.07. The molecule has 0 bridgehead atoms. The highest BCUT2D eigenvalue weighted by Gasteiger charge is 2.19. The standard InChI is InChI=1S/C14H14N4O3/c1-18-7-6-9(16-18)8-20-12-10-4-2-3-5-11(10)21-13(12)14(15)17-19/h2-7,19H,8H2,1H3,(H2,15,17). The van der Waals surface area contributed by atoms with Crippen molar-refractivity contribution in [2.24, 2.45) is 17.9 Å². The largest absolute Gasteiger partial charge is 0.482 e. The van der Waals surface area contributed by atoms with Gasteiger partial charge in [-0.25, -0.2) is 0 Å². The van der Waals surface area contributed by atoms with E-state index in [1.165, 1.54) is 0 Å². The van der Waals surface area contributed by atoms with Gasteiger partial charge < -0.3 is 20.1 Å². The molecule has 2 heterocycles. The van der Waals surface area contributed by atoms with Gasteiger partial charge >= 0.3 is 0 Å². The van der Waals surface area contributed by atoms with Crippen molar-refractivity contribution < 1.29 is 14.4 Å². The molecule has 0 spiro atoms. The summed E-state index contributed by atoms with van der Waals surface area (Å²) in [5.41, 5.74) is 7.02. The summed E-state index contributed by atoms with van der Waals surface area (Å²) in [7, 11) is 1.83. The van der Waals surface area contributed by atoms with E-state index in [4.69, 9.17) is 20.1 Å². The Morgan fingerprint density at radius 1 is 1.43 bits per heavy atom. The van der Waals surface area contributed by atoms with Crippen LogP contribution < -0.4 is 10.5 Å². The fourth-order valence-electron chi connectivity index (χ4n) is 2.07. The maximum Gasteiger partial charge on any atom is 0.215 e. The third-order valence-electron chi connectivity index (χ3n) is 3.02. The molecule has 0 saturated heterocycles. The van der Waals surface area contributed by atoms with Gasteiger partial charge in [0.2, 0.25) is 11.6 Å². The smallest absolute Gasteiger partial charge is 0.215 e. The summed E-state index contributed by atoms with van der Waals surface area (Å²) < 4.78 is 13.0. The van der Waals surface area contributed by atoms with Crippen LogP contribution in [0.5, 0.6) is 5.75 Å². The molecule has 0 atom stereocenters. The van der Waals surface area contributed by atoms with Gasteiger partial charge in [-0.3, -0.25) is 4.68 Å². The van der Waals surface area contributed by atoms with Gasteiger partial charge in [-0.1, -0.05) is 17.3 Å². The summed E-state index contributed by atoms with van der Waals surface area (Å²) in [4.78, 5) is 0. The summed E-state index contributed by atoms with van der Waals surface area (Å²) in [6.45, 7) is 0.260. The van der Waals surface area contributed by atoms with E-state index in [-0.39, 0.29) is 18.2 Å². The number of hydrogen-bond donors (Lipinski definition) is 2. The quantitative estimate of drug-likeness (QED) is 0.330. The number of benzene rings is 1. The number of aryl methyl sites for hydroxylation is 1. The topological polar surface area (TPSA) is 98.8 Å². The minimum absolute atomic E-state index is 0.137. The number of furan rings is 1. The second kappa shape index (κ2) is 5.20. The third kappa shape index (κ3) is 2.40. The minimum Gasteiger partial charge on any atom is -0.482 e. The van der Waals surface area contributed by atoms with Crippen LogP contribution in [0.2, 0.25) is 0 Å². The lowest BCUT2D eigenvalue weighted by molar-refractivity contribution is 0.295. The lowest BCUT2D eigenvalue weighted by Gasteiger charge is -2.04. The van der Waals surface area contributed by atoms with Crippen molar-refractivity contribution in [2.45, 2.75) is 6.61 Å². The van der Waals surface area contributed by atoms with Crippen LogP contribution in [0.1, 0.15) is 11.5 Å². The number of nitrogens with zero attached hydrogens (tertiary/aromatic N) is 3. The average molecular weight is 286 g/mol. The van der Waals surface area contributed by atoms with Crippen LogP contribution in [0.15, 0.2) is 46.1 Å². The summed E-state index contributed by atoms with van der Waals surface area (Å²) in [5, 5.41) is 16.8. The molecule has 3 N–H and O–H groups in total. The Bertz CT molecular complexity index is 804. The zero-order valence-electron chi connectivity index (χ0n) is 11.4. The van der Waals surface area contributed by atoms with Gasteiger partial charge in [-0.05, 0) is 18.2 Å². The van der Waals surface area contributed by atoms with Crippen molar-refractivity contribution in [3.63, 3.8) is 0 Å². The molecule has 0 aliphatic heterocycles. The molecule has 0 amide bonds. The normalized spacial score (nSPS) is 12.0. The van der Waals surface area contributed by atoms with Crippen molar-refractivity contribution >= 4 is 16.8 Å². The summed E-state index contributed by atoms with van der Waals surface area (Å²) in [6.07, 6.45) is 1.83. The van der Waals surface area contributed by atoms with E-state index >= 15 is 0 Å². The zero-order chi connectivity index (χ0) is 14.8. The fraction of sp³-hybridized carbons (Fsp3) is 0.143. The Morgan fingerprint density at radius 3 is 2.95 bits per heavy atom. The van der Waals surface area contributed by atoms with Crippen molar-refractivity contribution in [2.75, 3.05) is 0 Å².